The molecule has 0 aliphatic heterocycles. The molecule has 1 atom stereocenters. The summed E-state index contributed by atoms with van der Waals surface area (Å²) in [5, 5.41) is 3.01. The molecule has 0 amide bonds. The van der Waals surface area contributed by atoms with Crippen LogP contribution in [0.15, 0.2) is 0 Å². The Kier molecular flexibility index (Phi) is 4.25. The van der Waals surface area contributed by atoms with Gasteiger partial charge in [0.25, 0.3) is 0 Å². The Morgan fingerprint density at radius 2 is 2.08 bits per heavy atom. The number of carbonyl (C=O) groups is 1. The highest BCUT2D eigenvalue weighted by molar-refractivity contribution is 5.51. The Morgan fingerprint density at radius 3 is 2.67 bits per heavy atom. The van der Waals surface area contributed by atoms with E-state index in [1.807, 2.05) is 0 Å². The van der Waals surface area contributed by atoms with Gasteiger partial charge in [-0.15, -0.1) is 0 Å². The summed E-state index contributed by atoms with van der Waals surface area (Å²) in [7, 11) is 0. The molecule has 0 aromatic heterocycles. The topological polar surface area (TPSA) is 55.1 Å². The predicted molar refractivity (Wildman–Crippen MR) is 48.6 cm³/mol. The zero-order valence-electron chi connectivity index (χ0n) is 7.46. The molecule has 1 aliphatic rings. The molecule has 3 heteroatoms. The van der Waals surface area contributed by atoms with E-state index in [9.17, 15) is 4.79 Å². The Balaban J connectivity index is 2.19. The summed E-state index contributed by atoms with van der Waals surface area (Å²) >= 11 is 0. The average Bonchev–Trinajstić information content (AvgIpc) is 2.15. The van der Waals surface area contributed by atoms with Crippen LogP contribution in [0, 0.1) is 5.92 Å². The molecule has 1 saturated carbocycles. The summed E-state index contributed by atoms with van der Waals surface area (Å²) < 4.78 is 0. The van der Waals surface area contributed by atoms with Crippen LogP contribution in [0.2, 0.25) is 0 Å². The fourth-order valence-corrected chi connectivity index (χ4v) is 1.84. The van der Waals surface area contributed by atoms with Gasteiger partial charge in [-0.3, -0.25) is 5.32 Å². The zero-order chi connectivity index (χ0) is 8.81. The molecule has 0 aromatic carbocycles. The Hall–Kier alpha value is -0.410. The third-order valence-electron chi connectivity index (χ3n) is 2.59. The summed E-state index contributed by atoms with van der Waals surface area (Å²) in [6, 6.07) is 0. The predicted octanol–water partition coefficient (Wildman–Crippen LogP) is 0.640. The molecule has 0 aromatic rings. The highest BCUT2D eigenvalue weighted by Gasteiger charge is 2.19. The lowest BCUT2D eigenvalue weighted by Gasteiger charge is -2.27. The van der Waals surface area contributed by atoms with Gasteiger partial charge >= 0.3 is 0 Å². The van der Waals surface area contributed by atoms with E-state index in [1.54, 1.807) is 0 Å². The Bertz CT molecular complexity index is 132. The number of aldehydes is 1. The molecule has 1 aliphatic carbocycles. The van der Waals surface area contributed by atoms with E-state index in [4.69, 9.17) is 5.73 Å². The van der Waals surface area contributed by atoms with Crippen molar-refractivity contribution >= 4 is 6.29 Å². The van der Waals surface area contributed by atoms with Crippen molar-refractivity contribution in [1.82, 2.24) is 5.32 Å². The van der Waals surface area contributed by atoms with Gasteiger partial charge in [-0.1, -0.05) is 19.3 Å². The second-order valence-corrected chi connectivity index (χ2v) is 3.50. The first kappa shape index (κ1) is 9.68. The summed E-state index contributed by atoms with van der Waals surface area (Å²) in [6.45, 7) is 0.387. The maximum atomic E-state index is 10.1. The minimum absolute atomic E-state index is 0.0236. The van der Waals surface area contributed by atoms with Crippen molar-refractivity contribution in [2.24, 2.45) is 11.7 Å². The first-order valence-electron chi connectivity index (χ1n) is 4.77. The fraction of sp³-hybridized carbons (Fsp3) is 0.889. The second kappa shape index (κ2) is 5.27. The third-order valence-corrected chi connectivity index (χ3v) is 2.59. The van der Waals surface area contributed by atoms with E-state index in [0.717, 1.165) is 6.29 Å². The highest BCUT2D eigenvalue weighted by Crippen LogP contribution is 2.24. The van der Waals surface area contributed by atoms with Crippen LogP contribution >= 0.6 is 0 Å². The van der Waals surface area contributed by atoms with Gasteiger partial charge in [0.15, 0.2) is 0 Å². The van der Waals surface area contributed by atoms with Gasteiger partial charge in [0.1, 0.15) is 6.29 Å². The van der Waals surface area contributed by atoms with Gasteiger partial charge in [-0.05, 0) is 18.8 Å². The number of hydrogen-bond donors (Lipinski definition) is 2. The van der Waals surface area contributed by atoms with E-state index < -0.39 is 0 Å². The summed E-state index contributed by atoms with van der Waals surface area (Å²) in [5.41, 5.74) is 5.86. The summed E-state index contributed by atoms with van der Waals surface area (Å²) in [4.78, 5) is 10.1. The third kappa shape index (κ3) is 2.91. The van der Waals surface area contributed by atoms with Gasteiger partial charge in [-0.25, -0.2) is 0 Å². The monoisotopic (exact) mass is 170 g/mol. The number of nitrogens with one attached hydrogen (secondary N) is 1. The smallest absolute Gasteiger partial charge is 0.133 e. The molecule has 0 spiro atoms. The fourth-order valence-electron chi connectivity index (χ4n) is 1.84. The molecule has 3 nitrogen and oxygen atoms in total. The molecule has 1 fully saturated rings. The van der Waals surface area contributed by atoms with Crippen LogP contribution in [0.4, 0.5) is 0 Å². The van der Waals surface area contributed by atoms with Gasteiger partial charge in [0, 0.05) is 0 Å². The molecule has 0 radical (unpaired) electrons. The molecule has 12 heavy (non-hydrogen) atoms. The minimum atomic E-state index is 0.0236. The molecular weight excluding hydrogens is 152 g/mol. The standard InChI is InChI=1S/C9H18N2O/c10-9(11-6-7-12)8-4-2-1-3-5-8/h7-9,11H,1-6,10H2. The molecule has 0 heterocycles. The van der Waals surface area contributed by atoms with Crippen molar-refractivity contribution in [3.8, 4) is 0 Å². The number of rotatable bonds is 4. The largest absolute Gasteiger partial charge is 0.316 e. The quantitative estimate of drug-likeness (QED) is 0.481. The van der Waals surface area contributed by atoms with Gasteiger partial charge in [0.2, 0.25) is 0 Å². The van der Waals surface area contributed by atoms with Crippen LogP contribution in [0.5, 0.6) is 0 Å². The molecule has 3 N–H and O–H groups in total. The van der Waals surface area contributed by atoms with Crippen LogP contribution in [-0.4, -0.2) is 19.0 Å². The summed E-state index contributed by atoms with van der Waals surface area (Å²) in [5.74, 6) is 0.582. The maximum absolute atomic E-state index is 10.1. The first-order valence-corrected chi connectivity index (χ1v) is 4.77. The van der Waals surface area contributed by atoms with Crippen molar-refractivity contribution in [1.29, 1.82) is 0 Å². The van der Waals surface area contributed by atoms with Crippen LogP contribution in [0.25, 0.3) is 0 Å². The lowest BCUT2D eigenvalue weighted by Crippen LogP contribution is -2.45. The van der Waals surface area contributed by atoms with Crippen LogP contribution in [0.1, 0.15) is 32.1 Å². The van der Waals surface area contributed by atoms with Crippen molar-refractivity contribution < 1.29 is 4.79 Å². The first-order chi connectivity index (χ1) is 5.84. The molecule has 0 bridgehead atoms. The average molecular weight is 170 g/mol. The maximum Gasteiger partial charge on any atom is 0.133 e. The molecule has 0 saturated heterocycles. The zero-order valence-corrected chi connectivity index (χ0v) is 7.46. The number of hydrogen-bond acceptors (Lipinski definition) is 3. The van der Waals surface area contributed by atoms with E-state index in [2.05, 4.69) is 5.32 Å². The van der Waals surface area contributed by atoms with Crippen molar-refractivity contribution in [2.75, 3.05) is 6.54 Å². The lowest BCUT2D eigenvalue weighted by atomic mass is 9.87. The van der Waals surface area contributed by atoms with E-state index in [-0.39, 0.29) is 6.17 Å². The molecule has 1 rings (SSSR count). The second-order valence-electron chi connectivity index (χ2n) is 3.50. The van der Waals surface area contributed by atoms with Gasteiger partial charge < -0.3 is 10.5 Å². The van der Waals surface area contributed by atoms with Crippen molar-refractivity contribution in [2.45, 2.75) is 38.3 Å². The minimum Gasteiger partial charge on any atom is -0.316 e. The van der Waals surface area contributed by atoms with Crippen LogP contribution < -0.4 is 11.1 Å². The van der Waals surface area contributed by atoms with Gasteiger partial charge in [-0.2, -0.15) is 0 Å². The Morgan fingerprint density at radius 1 is 1.42 bits per heavy atom. The van der Waals surface area contributed by atoms with E-state index in [0.29, 0.717) is 12.5 Å². The molecule has 1 unspecified atom stereocenters. The summed E-state index contributed by atoms with van der Waals surface area (Å²) in [6.07, 6.45) is 7.25. The van der Waals surface area contributed by atoms with Crippen molar-refractivity contribution in [3.05, 3.63) is 0 Å². The highest BCUT2D eigenvalue weighted by atomic mass is 16.1. The normalized spacial score (nSPS) is 22.1. The van der Waals surface area contributed by atoms with Crippen LogP contribution in [-0.2, 0) is 4.79 Å². The van der Waals surface area contributed by atoms with Gasteiger partial charge in [0.05, 0.1) is 12.7 Å². The van der Waals surface area contributed by atoms with Crippen molar-refractivity contribution in [3.63, 3.8) is 0 Å². The van der Waals surface area contributed by atoms with E-state index in [1.165, 1.54) is 32.1 Å². The Labute approximate surface area is 73.7 Å². The molecule has 70 valence electrons. The lowest BCUT2D eigenvalue weighted by molar-refractivity contribution is -0.107. The number of carbonyl (C=O) groups excluding carboxylic acids is 1. The van der Waals surface area contributed by atoms with E-state index >= 15 is 0 Å². The SMILES string of the molecule is NC(NCC=O)C1CCCCC1. The van der Waals surface area contributed by atoms with Crippen LogP contribution in [0.3, 0.4) is 0 Å². The molecular formula is C9H18N2O. The number of nitrogens with two attached hydrogens (primary N) is 1.